The maximum atomic E-state index is 12.5. The van der Waals surface area contributed by atoms with Crippen molar-refractivity contribution >= 4 is 33.0 Å². The Balaban J connectivity index is 2.00. The van der Waals surface area contributed by atoms with Gasteiger partial charge in [0, 0.05) is 5.92 Å². The molecule has 0 bridgehead atoms. The molecule has 0 N–H and O–H groups in total. The summed E-state index contributed by atoms with van der Waals surface area (Å²) in [6.45, 7) is 9.01. The molecule has 0 unspecified atom stereocenters. The van der Waals surface area contributed by atoms with Gasteiger partial charge in [-0.1, -0.05) is 20.8 Å². The van der Waals surface area contributed by atoms with Gasteiger partial charge in [0.15, 0.2) is 5.78 Å². The molecule has 0 aliphatic heterocycles. The summed E-state index contributed by atoms with van der Waals surface area (Å²) in [6.07, 6.45) is 4.53. The lowest BCUT2D eigenvalue weighted by molar-refractivity contribution is 0.0823. The average molecular weight is 343 g/mol. The number of thiophene rings is 1. The molecule has 0 aromatic carbocycles. The first kappa shape index (κ1) is 15.2. The Bertz CT molecular complexity index is 442. The Morgan fingerprint density at radius 3 is 2.26 bits per heavy atom. The normalized spacial score (nSPS) is 24.5. The number of hydrogen-bond donors (Lipinski definition) is 0. The Morgan fingerprint density at radius 1 is 1.26 bits per heavy atom. The van der Waals surface area contributed by atoms with E-state index in [1.807, 2.05) is 13.0 Å². The number of halogens is 1. The Morgan fingerprint density at radius 2 is 1.84 bits per heavy atom. The average Bonchev–Trinajstić information content (AvgIpc) is 2.68. The topological polar surface area (TPSA) is 17.1 Å². The van der Waals surface area contributed by atoms with Crippen molar-refractivity contribution in [3.05, 3.63) is 20.3 Å². The highest BCUT2D eigenvalue weighted by Crippen LogP contribution is 2.41. The molecule has 1 aliphatic rings. The molecule has 106 valence electrons. The third-order valence-corrected chi connectivity index (χ3v) is 6.57. The number of ketones is 1. The predicted molar refractivity (Wildman–Crippen MR) is 86.0 cm³/mol. The summed E-state index contributed by atoms with van der Waals surface area (Å²) >= 11 is 5.10. The summed E-state index contributed by atoms with van der Waals surface area (Å²) in [4.78, 5) is 13.4. The zero-order chi connectivity index (χ0) is 14.2. The van der Waals surface area contributed by atoms with Crippen molar-refractivity contribution in [1.29, 1.82) is 0 Å². The van der Waals surface area contributed by atoms with Gasteiger partial charge in [-0.3, -0.25) is 4.79 Å². The van der Waals surface area contributed by atoms with Crippen LogP contribution in [0.1, 0.15) is 61.7 Å². The van der Waals surface area contributed by atoms with E-state index in [4.69, 9.17) is 0 Å². The van der Waals surface area contributed by atoms with Crippen LogP contribution in [-0.4, -0.2) is 5.78 Å². The van der Waals surface area contributed by atoms with E-state index in [0.717, 1.165) is 27.4 Å². The first-order valence-corrected chi connectivity index (χ1v) is 8.70. The molecule has 1 fully saturated rings. The molecular formula is C16H23BrOS. The first-order chi connectivity index (χ1) is 8.79. The molecule has 1 aromatic rings. The number of carbonyl (C=O) groups excluding carboxylic acids is 1. The summed E-state index contributed by atoms with van der Waals surface area (Å²) in [5.74, 6) is 1.39. The third kappa shape index (κ3) is 3.49. The van der Waals surface area contributed by atoms with Crippen molar-refractivity contribution < 1.29 is 4.79 Å². The molecule has 19 heavy (non-hydrogen) atoms. The predicted octanol–water partition coefficient (Wildman–Crippen LogP) is 5.85. The van der Waals surface area contributed by atoms with E-state index < -0.39 is 0 Å². The Labute approximate surface area is 128 Å². The highest BCUT2D eigenvalue weighted by Gasteiger charge is 2.33. The molecule has 1 heterocycles. The van der Waals surface area contributed by atoms with Crippen molar-refractivity contribution in [2.24, 2.45) is 17.3 Å². The van der Waals surface area contributed by atoms with Crippen LogP contribution in [0.2, 0.25) is 0 Å². The van der Waals surface area contributed by atoms with E-state index in [9.17, 15) is 4.79 Å². The molecule has 0 spiro atoms. The lowest BCUT2D eigenvalue weighted by Crippen LogP contribution is -2.28. The van der Waals surface area contributed by atoms with Crippen molar-refractivity contribution in [3.8, 4) is 0 Å². The molecule has 0 radical (unpaired) electrons. The summed E-state index contributed by atoms with van der Waals surface area (Å²) in [6, 6.07) is 2.03. The molecule has 3 heteroatoms. The standard InChI is InChI=1S/C16H23BrOS/c1-10-9-13(19-15(10)17)14(18)11-5-7-12(8-6-11)16(2,3)4/h9,11-12H,5-8H2,1-4H3. The number of Topliss-reactive ketones (excluding diaryl/α,β-unsaturated/α-hetero) is 1. The Hall–Kier alpha value is -0.150. The van der Waals surface area contributed by atoms with Crippen LogP contribution in [0, 0.1) is 24.2 Å². The molecule has 1 nitrogen and oxygen atoms in total. The van der Waals surface area contributed by atoms with Crippen LogP contribution in [-0.2, 0) is 0 Å². The van der Waals surface area contributed by atoms with Gasteiger partial charge in [0.2, 0.25) is 0 Å². The van der Waals surface area contributed by atoms with Crippen molar-refractivity contribution in [2.75, 3.05) is 0 Å². The second-order valence-corrected chi connectivity index (χ2v) is 9.22. The van der Waals surface area contributed by atoms with Gasteiger partial charge >= 0.3 is 0 Å². The molecule has 0 amide bonds. The smallest absolute Gasteiger partial charge is 0.175 e. The van der Waals surface area contributed by atoms with E-state index in [2.05, 4.69) is 36.7 Å². The number of carbonyl (C=O) groups is 1. The number of rotatable bonds is 2. The number of hydrogen-bond acceptors (Lipinski definition) is 2. The molecule has 1 aromatic heterocycles. The minimum absolute atomic E-state index is 0.253. The minimum atomic E-state index is 0.253. The van der Waals surface area contributed by atoms with E-state index in [-0.39, 0.29) is 5.92 Å². The lowest BCUT2D eigenvalue weighted by Gasteiger charge is -2.36. The van der Waals surface area contributed by atoms with Gasteiger partial charge in [-0.25, -0.2) is 0 Å². The molecule has 1 saturated carbocycles. The Kier molecular flexibility index (Phi) is 4.56. The fraction of sp³-hybridized carbons (Fsp3) is 0.688. The molecule has 1 aliphatic carbocycles. The summed E-state index contributed by atoms with van der Waals surface area (Å²) < 4.78 is 1.10. The van der Waals surface area contributed by atoms with Crippen LogP contribution in [0.3, 0.4) is 0 Å². The maximum absolute atomic E-state index is 12.5. The van der Waals surface area contributed by atoms with E-state index >= 15 is 0 Å². The van der Waals surface area contributed by atoms with Gasteiger partial charge in [0.25, 0.3) is 0 Å². The van der Waals surface area contributed by atoms with Gasteiger partial charge in [0.05, 0.1) is 8.66 Å². The molecule has 0 atom stereocenters. The van der Waals surface area contributed by atoms with Crippen LogP contribution in [0.5, 0.6) is 0 Å². The summed E-state index contributed by atoms with van der Waals surface area (Å²) in [5, 5.41) is 0. The van der Waals surface area contributed by atoms with Gasteiger partial charge in [-0.05, 0) is 71.5 Å². The van der Waals surface area contributed by atoms with Crippen molar-refractivity contribution in [2.45, 2.75) is 53.4 Å². The maximum Gasteiger partial charge on any atom is 0.175 e. The monoisotopic (exact) mass is 342 g/mol. The summed E-state index contributed by atoms with van der Waals surface area (Å²) in [5.41, 5.74) is 1.56. The van der Waals surface area contributed by atoms with Gasteiger partial charge < -0.3 is 0 Å². The third-order valence-electron chi connectivity index (χ3n) is 4.42. The van der Waals surface area contributed by atoms with Crippen molar-refractivity contribution in [1.82, 2.24) is 0 Å². The van der Waals surface area contributed by atoms with Crippen LogP contribution < -0.4 is 0 Å². The first-order valence-electron chi connectivity index (χ1n) is 7.09. The van der Waals surface area contributed by atoms with Gasteiger partial charge in [0.1, 0.15) is 0 Å². The van der Waals surface area contributed by atoms with Crippen LogP contribution in [0.25, 0.3) is 0 Å². The summed E-state index contributed by atoms with van der Waals surface area (Å²) in [7, 11) is 0. The zero-order valence-corrected chi connectivity index (χ0v) is 14.7. The quantitative estimate of drug-likeness (QED) is 0.615. The minimum Gasteiger partial charge on any atom is -0.293 e. The van der Waals surface area contributed by atoms with E-state index in [1.165, 1.54) is 18.4 Å². The SMILES string of the molecule is Cc1cc(C(=O)C2CCC(C(C)(C)C)CC2)sc1Br. The highest BCUT2D eigenvalue weighted by atomic mass is 79.9. The highest BCUT2D eigenvalue weighted by molar-refractivity contribution is 9.11. The van der Waals surface area contributed by atoms with E-state index in [1.54, 1.807) is 11.3 Å². The number of aryl methyl sites for hydroxylation is 1. The molecular weight excluding hydrogens is 320 g/mol. The van der Waals surface area contributed by atoms with E-state index in [0.29, 0.717) is 11.2 Å². The van der Waals surface area contributed by atoms with Crippen LogP contribution >= 0.6 is 27.3 Å². The molecule has 2 rings (SSSR count). The lowest BCUT2D eigenvalue weighted by atomic mass is 9.69. The van der Waals surface area contributed by atoms with Crippen molar-refractivity contribution in [3.63, 3.8) is 0 Å². The fourth-order valence-electron chi connectivity index (χ4n) is 3.00. The van der Waals surface area contributed by atoms with Crippen LogP contribution in [0.15, 0.2) is 9.85 Å². The fourth-order valence-corrected chi connectivity index (χ4v) is 4.56. The largest absolute Gasteiger partial charge is 0.293 e. The van der Waals surface area contributed by atoms with Gasteiger partial charge in [-0.2, -0.15) is 0 Å². The second-order valence-electron chi connectivity index (χ2n) is 6.85. The zero-order valence-electron chi connectivity index (χ0n) is 12.3. The van der Waals surface area contributed by atoms with Gasteiger partial charge in [-0.15, -0.1) is 11.3 Å². The molecule has 0 saturated heterocycles. The second kappa shape index (κ2) is 5.69. The van der Waals surface area contributed by atoms with Crippen LogP contribution in [0.4, 0.5) is 0 Å².